The molecule has 1 aromatic heterocycles. The number of sulfonamides is 1. The molecule has 9 nitrogen and oxygen atoms in total. The van der Waals surface area contributed by atoms with Crippen molar-refractivity contribution in [1.82, 2.24) is 14.6 Å². The number of hydrogen-bond acceptors (Lipinski definition) is 6. The van der Waals surface area contributed by atoms with Gasteiger partial charge in [-0.15, -0.1) is 0 Å². The van der Waals surface area contributed by atoms with Gasteiger partial charge in [0.25, 0.3) is 6.47 Å². The van der Waals surface area contributed by atoms with E-state index in [9.17, 15) is 13.2 Å². The third kappa shape index (κ3) is 6.01. The highest BCUT2D eigenvalue weighted by Crippen LogP contribution is 2.36. The average Bonchev–Trinajstić information content (AvgIpc) is 2.69. The Kier molecular flexibility index (Phi) is 7.90. The van der Waals surface area contributed by atoms with Crippen molar-refractivity contribution in [3.05, 3.63) is 59.9 Å². The van der Waals surface area contributed by atoms with E-state index in [-0.39, 0.29) is 25.5 Å². The highest BCUT2D eigenvalue weighted by atomic mass is 32.2. The number of aromatic nitrogens is 1. The largest absolute Gasteiger partial charge is 0.497 e. The van der Waals surface area contributed by atoms with Crippen molar-refractivity contribution in [3.63, 3.8) is 0 Å². The van der Waals surface area contributed by atoms with Crippen LogP contribution in [-0.4, -0.2) is 61.6 Å². The summed E-state index contributed by atoms with van der Waals surface area (Å²) in [7, 11) is -1.74. The summed E-state index contributed by atoms with van der Waals surface area (Å²) < 4.78 is 30.2. The van der Waals surface area contributed by atoms with Crippen LogP contribution in [0.25, 0.3) is 0 Å². The van der Waals surface area contributed by atoms with E-state index in [1.165, 1.54) is 4.31 Å². The van der Waals surface area contributed by atoms with E-state index in [4.69, 9.17) is 14.6 Å². The van der Waals surface area contributed by atoms with Crippen molar-refractivity contribution < 1.29 is 27.9 Å². The molecule has 30 heavy (non-hydrogen) atoms. The molecule has 1 aromatic carbocycles. The number of hydrogen-bond donors (Lipinski definition) is 2. The first kappa shape index (κ1) is 23.3. The number of rotatable bonds is 7. The Bertz CT molecular complexity index is 960. The van der Waals surface area contributed by atoms with Gasteiger partial charge in [-0.25, -0.2) is 8.42 Å². The molecule has 3 rings (SSSR count). The second-order valence-corrected chi connectivity index (χ2v) is 8.93. The topological polar surface area (TPSA) is 126 Å². The predicted octanol–water partition coefficient (Wildman–Crippen LogP) is 0.912. The Labute approximate surface area is 175 Å². The highest BCUT2D eigenvalue weighted by molar-refractivity contribution is 7.88. The summed E-state index contributed by atoms with van der Waals surface area (Å²) >= 11 is 0. The van der Waals surface area contributed by atoms with Crippen molar-refractivity contribution in [2.24, 2.45) is 5.41 Å². The van der Waals surface area contributed by atoms with Crippen molar-refractivity contribution in [3.8, 4) is 5.75 Å². The van der Waals surface area contributed by atoms with Crippen LogP contribution in [0.5, 0.6) is 5.75 Å². The smallest absolute Gasteiger partial charge is 0.290 e. The summed E-state index contributed by atoms with van der Waals surface area (Å²) in [6.45, 7) is 0.382. The molecule has 1 saturated heterocycles. The molecular formula is C20H25N3O6S. The third-order valence-corrected chi connectivity index (χ3v) is 5.94. The number of methoxy groups -OCH3 is 1. The molecule has 2 N–H and O–H groups in total. The minimum absolute atomic E-state index is 0.164. The van der Waals surface area contributed by atoms with Crippen LogP contribution in [0, 0.1) is 5.41 Å². The number of carbonyl (C=O) groups is 2. The molecule has 2 heterocycles. The standard InChI is InChI=1S/C19H23N3O4S.CH2O2/c1-26-17-8-5-6-15(10-17)11-19(13-22(14-19)27(2,24)25)18(23)21-12-16-7-3-4-9-20-16;2-1-3/h3-10H,11-14H2,1-2H3,(H,21,23);1H,(H,2,3). The molecule has 0 saturated carbocycles. The molecule has 0 atom stereocenters. The molecule has 10 heteroatoms. The van der Waals surface area contributed by atoms with Gasteiger partial charge in [-0.1, -0.05) is 18.2 Å². The Morgan fingerprint density at radius 1 is 1.30 bits per heavy atom. The SMILES string of the molecule is COc1cccc(CC2(C(=O)NCc3ccccn3)CN(S(C)(=O)=O)C2)c1.O=CO. The van der Waals surface area contributed by atoms with Gasteiger partial charge in [0.1, 0.15) is 5.75 Å². The average molecular weight is 436 g/mol. The van der Waals surface area contributed by atoms with Gasteiger partial charge in [-0.3, -0.25) is 14.6 Å². The lowest BCUT2D eigenvalue weighted by Gasteiger charge is -2.47. The fourth-order valence-electron chi connectivity index (χ4n) is 3.23. The number of pyridine rings is 1. The zero-order valence-electron chi connectivity index (χ0n) is 16.8. The van der Waals surface area contributed by atoms with E-state index in [1.54, 1.807) is 13.3 Å². The van der Waals surface area contributed by atoms with Crippen molar-refractivity contribution >= 4 is 22.4 Å². The first-order valence-corrected chi connectivity index (χ1v) is 10.9. The lowest BCUT2D eigenvalue weighted by molar-refractivity contribution is -0.137. The van der Waals surface area contributed by atoms with Crippen molar-refractivity contribution in [2.75, 3.05) is 26.5 Å². The Morgan fingerprint density at radius 3 is 2.57 bits per heavy atom. The first-order valence-electron chi connectivity index (χ1n) is 9.08. The van der Waals surface area contributed by atoms with Crippen LogP contribution in [0.2, 0.25) is 0 Å². The van der Waals surface area contributed by atoms with Gasteiger partial charge in [0.2, 0.25) is 15.9 Å². The van der Waals surface area contributed by atoms with Crippen molar-refractivity contribution in [2.45, 2.75) is 13.0 Å². The maximum atomic E-state index is 13.0. The van der Waals surface area contributed by atoms with Gasteiger partial charge in [0.15, 0.2) is 0 Å². The quantitative estimate of drug-likeness (QED) is 0.619. The number of nitrogens with one attached hydrogen (secondary N) is 1. The zero-order valence-corrected chi connectivity index (χ0v) is 17.6. The molecule has 1 amide bonds. The number of carboxylic acid groups (broad SMARTS) is 1. The maximum Gasteiger partial charge on any atom is 0.290 e. The summed E-state index contributed by atoms with van der Waals surface area (Å²) in [5.41, 5.74) is 0.877. The fourth-order valence-corrected chi connectivity index (χ4v) is 4.20. The molecule has 0 aliphatic carbocycles. The Morgan fingerprint density at radius 2 is 2.00 bits per heavy atom. The second kappa shape index (κ2) is 10.2. The van der Waals surface area contributed by atoms with Crippen molar-refractivity contribution in [1.29, 1.82) is 0 Å². The van der Waals surface area contributed by atoms with E-state index in [2.05, 4.69) is 10.3 Å². The zero-order chi connectivity index (χ0) is 22.2. The highest BCUT2D eigenvalue weighted by Gasteiger charge is 2.52. The third-order valence-electron chi connectivity index (χ3n) is 4.74. The molecule has 0 unspecified atom stereocenters. The van der Waals surface area contributed by atoms with E-state index in [0.29, 0.717) is 18.7 Å². The van der Waals surface area contributed by atoms with Crippen LogP contribution in [0.4, 0.5) is 0 Å². The maximum absolute atomic E-state index is 13.0. The Balaban J connectivity index is 0.00000101. The molecule has 0 radical (unpaired) electrons. The van der Waals surface area contributed by atoms with Gasteiger partial charge in [-0.05, 0) is 36.2 Å². The van der Waals surface area contributed by atoms with Crippen LogP contribution in [0.3, 0.4) is 0 Å². The van der Waals surface area contributed by atoms with Crippen LogP contribution < -0.4 is 10.1 Å². The molecule has 162 valence electrons. The number of amides is 1. The van der Waals surface area contributed by atoms with Gasteiger partial charge < -0.3 is 15.2 Å². The van der Waals surface area contributed by atoms with Crippen LogP contribution >= 0.6 is 0 Å². The molecule has 1 aliphatic rings. The molecule has 1 fully saturated rings. The molecule has 0 bridgehead atoms. The minimum atomic E-state index is -3.33. The van der Waals surface area contributed by atoms with Crippen LogP contribution in [-0.2, 0) is 32.6 Å². The lowest BCUT2D eigenvalue weighted by atomic mass is 9.75. The van der Waals surface area contributed by atoms with Crippen LogP contribution in [0.1, 0.15) is 11.3 Å². The number of benzene rings is 1. The van der Waals surface area contributed by atoms with E-state index in [0.717, 1.165) is 17.5 Å². The van der Waals surface area contributed by atoms with Gasteiger partial charge in [-0.2, -0.15) is 4.31 Å². The number of carbonyl (C=O) groups excluding carboxylic acids is 1. The summed E-state index contributed by atoms with van der Waals surface area (Å²) in [5, 5.41) is 9.80. The molecule has 2 aromatic rings. The normalized spacial score (nSPS) is 15.1. The summed E-state index contributed by atoms with van der Waals surface area (Å²) in [6.07, 6.45) is 3.26. The van der Waals surface area contributed by atoms with Gasteiger partial charge >= 0.3 is 0 Å². The minimum Gasteiger partial charge on any atom is -0.497 e. The lowest BCUT2D eigenvalue weighted by Crippen LogP contribution is -2.65. The number of ether oxygens (including phenoxy) is 1. The summed E-state index contributed by atoms with van der Waals surface area (Å²) in [4.78, 5) is 25.5. The molecular weight excluding hydrogens is 410 g/mol. The number of nitrogens with zero attached hydrogens (tertiary/aromatic N) is 2. The van der Waals surface area contributed by atoms with Gasteiger partial charge in [0.05, 0.1) is 31.0 Å². The first-order chi connectivity index (χ1) is 14.2. The predicted molar refractivity (Wildman–Crippen MR) is 110 cm³/mol. The van der Waals surface area contributed by atoms with E-state index < -0.39 is 15.4 Å². The summed E-state index contributed by atoms with van der Waals surface area (Å²) in [6, 6.07) is 13.0. The molecule has 0 spiro atoms. The second-order valence-electron chi connectivity index (χ2n) is 6.95. The fraction of sp³-hybridized carbons (Fsp3) is 0.350. The molecule has 1 aliphatic heterocycles. The summed E-state index contributed by atoms with van der Waals surface area (Å²) in [5.74, 6) is 0.534. The van der Waals surface area contributed by atoms with Gasteiger partial charge in [0, 0.05) is 19.3 Å². The Hall–Kier alpha value is -2.98. The van der Waals surface area contributed by atoms with E-state index in [1.807, 2.05) is 42.5 Å². The monoisotopic (exact) mass is 435 g/mol. The van der Waals surface area contributed by atoms with Crippen LogP contribution in [0.15, 0.2) is 48.7 Å². The van der Waals surface area contributed by atoms with E-state index >= 15 is 0 Å².